The fourth-order valence-electron chi connectivity index (χ4n) is 8.99. The molecule has 0 atom stereocenters. The first kappa shape index (κ1) is 32.3. The maximum absolute atomic E-state index is 6.24. The van der Waals surface area contributed by atoms with Gasteiger partial charge in [-0.1, -0.05) is 153 Å². The van der Waals surface area contributed by atoms with E-state index in [0.29, 0.717) is 5.82 Å². The molecule has 0 N–H and O–H groups in total. The van der Waals surface area contributed by atoms with Crippen molar-refractivity contribution < 1.29 is 4.42 Å². The molecule has 8 aromatic carbocycles. The molecule has 0 aliphatic heterocycles. The molecule has 3 heteroatoms. The lowest BCUT2D eigenvalue weighted by Gasteiger charge is -2.24. The van der Waals surface area contributed by atoms with E-state index in [1.165, 1.54) is 38.6 Å². The molecule has 0 amide bonds. The van der Waals surface area contributed by atoms with E-state index in [2.05, 4.69) is 178 Å². The summed E-state index contributed by atoms with van der Waals surface area (Å²) in [6, 6.07) is 64.9. The summed E-state index contributed by atoms with van der Waals surface area (Å²) in [5.74, 6) is 0.701. The fourth-order valence-corrected chi connectivity index (χ4v) is 8.99. The molecule has 3 nitrogen and oxygen atoms in total. The van der Waals surface area contributed by atoms with Gasteiger partial charge in [0, 0.05) is 32.9 Å². The van der Waals surface area contributed by atoms with E-state index in [0.717, 1.165) is 66.7 Å². The maximum Gasteiger partial charge on any atom is 0.160 e. The van der Waals surface area contributed by atoms with Crippen molar-refractivity contribution in [2.45, 2.75) is 19.3 Å². The van der Waals surface area contributed by atoms with Crippen LogP contribution in [0, 0.1) is 0 Å². The molecular weight excluding hydrogens is 681 g/mol. The van der Waals surface area contributed by atoms with E-state index in [1.54, 1.807) is 0 Å². The molecule has 0 saturated carbocycles. The van der Waals surface area contributed by atoms with Gasteiger partial charge >= 0.3 is 0 Å². The topological polar surface area (TPSA) is 38.9 Å². The first-order valence-corrected chi connectivity index (χ1v) is 19.2. The van der Waals surface area contributed by atoms with Crippen molar-refractivity contribution in [3.63, 3.8) is 0 Å². The molecule has 2 heterocycles. The Morgan fingerprint density at radius 2 is 1.04 bits per heavy atom. The van der Waals surface area contributed by atoms with E-state index in [9.17, 15) is 0 Å². The third-order valence-electron chi connectivity index (χ3n) is 11.7. The monoisotopic (exact) mass is 716 g/mol. The first-order valence-electron chi connectivity index (χ1n) is 19.2. The number of hydrogen-bond acceptors (Lipinski definition) is 3. The number of fused-ring (bicyclic) bond motifs is 7. The third-order valence-corrected chi connectivity index (χ3v) is 11.7. The predicted molar refractivity (Wildman–Crippen MR) is 232 cm³/mol. The number of furan rings is 1. The number of hydrogen-bond donors (Lipinski definition) is 0. The molecule has 0 spiro atoms. The van der Waals surface area contributed by atoms with Gasteiger partial charge in [0.15, 0.2) is 5.82 Å². The summed E-state index contributed by atoms with van der Waals surface area (Å²) < 4.78 is 6.24. The highest BCUT2D eigenvalue weighted by Gasteiger charge is 2.37. The predicted octanol–water partition coefficient (Wildman–Crippen LogP) is 14.2. The summed E-state index contributed by atoms with van der Waals surface area (Å²) in [7, 11) is 0. The molecule has 0 radical (unpaired) electrons. The number of benzene rings is 8. The van der Waals surface area contributed by atoms with Crippen LogP contribution in [0.15, 0.2) is 186 Å². The zero-order chi connectivity index (χ0) is 37.4. The Balaban J connectivity index is 1.17. The summed E-state index contributed by atoms with van der Waals surface area (Å²) >= 11 is 0. The lowest BCUT2D eigenvalue weighted by Crippen LogP contribution is -2.16. The minimum Gasteiger partial charge on any atom is -0.456 e. The second-order valence-corrected chi connectivity index (χ2v) is 15.4. The quantitative estimate of drug-likeness (QED) is 0.178. The van der Waals surface area contributed by atoms with Gasteiger partial charge in [0.25, 0.3) is 0 Å². The lowest BCUT2D eigenvalue weighted by atomic mass is 9.79. The van der Waals surface area contributed by atoms with E-state index >= 15 is 0 Å². The highest BCUT2D eigenvalue weighted by molar-refractivity contribution is 6.06. The minimum absolute atomic E-state index is 0.197. The van der Waals surface area contributed by atoms with Gasteiger partial charge in [-0.3, -0.25) is 0 Å². The number of para-hydroxylation sites is 1. The van der Waals surface area contributed by atoms with E-state index in [1.807, 2.05) is 18.2 Å². The van der Waals surface area contributed by atoms with Crippen molar-refractivity contribution in [2.24, 2.45) is 0 Å². The highest BCUT2D eigenvalue weighted by Crippen LogP contribution is 2.52. The average molecular weight is 717 g/mol. The van der Waals surface area contributed by atoms with Gasteiger partial charge in [-0.15, -0.1) is 0 Å². The van der Waals surface area contributed by atoms with Gasteiger partial charge < -0.3 is 4.42 Å². The van der Waals surface area contributed by atoms with Crippen molar-refractivity contribution >= 4 is 32.7 Å². The van der Waals surface area contributed by atoms with Crippen LogP contribution in [-0.4, -0.2) is 9.97 Å². The zero-order valence-corrected chi connectivity index (χ0v) is 31.1. The largest absolute Gasteiger partial charge is 0.456 e. The highest BCUT2D eigenvalue weighted by atomic mass is 16.3. The van der Waals surface area contributed by atoms with Crippen LogP contribution in [-0.2, 0) is 5.41 Å². The van der Waals surface area contributed by atoms with Gasteiger partial charge in [0.1, 0.15) is 11.2 Å². The van der Waals surface area contributed by atoms with Crippen LogP contribution in [0.2, 0.25) is 0 Å². The molecule has 56 heavy (non-hydrogen) atoms. The summed E-state index contributed by atoms with van der Waals surface area (Å²) in [6.07, 6.45) is 0. The molecule has 0 bridgehead atoms. The normalized spacial score (nSPS) is 13.0. The first-order chi connectivity index (χ1) is 27.5. The molecule has 0 saturated heterocycles. The van der Waals surface area contributed by atoms with Gasteiger partial charge in [0.2, 0.25) is 0 Å². The molecule has 2 aromatic heterocycles. The minimum atomic E-state index is -0.197. The van der Waals surface area contributed by atoms with E-state index < -0.39 is 0 Å². The zero-order valence-electron chi connectivity index (χ0n) is 31.1. The molecule has 264 valence electrons. The Labute approximate surface area is 325 Å². The number of rotatable bonds is 5. The van der Waals surface area contributed by atoms with Crippen molar-refractivity contribution in [3.05, 3.63) is 193 Å². The number of nitrogens with zero attached hydrogens (tertiary/aromatic N) is 2. The van der Waals surface area contributed by atoms with Crippen LogP contribution in [0.4, 0.5) is 0 Å². The summed E-state index contributed by atoms with van der Waals surface area (Å²) in [5, 5.41) is 4.64. The lowest BCUT2D eigenvalue weighted by molar-refractivity contribution is 0.662. The van der Waals surface area contributed by atoms with E-state index in [-0.39, 0.29) is 5.41 Å². The van der Waals surface area contributed by atoms with Crippen LogP contribution in [0.25, 0.3) is 100.0 Å². The van der Waals surface area contributed by atoms with E-state index in [4.69, 9.17) is 14.4 Å². The molecule has 0 unspecified atom stereocenters. The molecule has 11 rings (SSSR count). The summed E-state index contributed by atoms with van der Waals surface area (Å²) in [6.45, 7) is 4.67. The second-order valence-electron chi connectivity index (χ2n) is 15.4. The average Bonchev–Trinajstić information content (AvgIpc) is 3.75. The maximum atomic E-state index is 6.24. The molecule has 10 aromatic rings. The third kappa shape index (κ3) is 5.12. The van der Waals surface area contributed by atoms with Crippen LogP contribution < -0.4 is 0 Å². The van der Waals surface area contributed by atoms with Crippen molar-refractivity contribution in [2.75, 3.05) is 0 Å². The fraction of sp³-hybridized carbons (Fsp3) is 0.0566. The van der Waals surface area contributed by atoms with Crippen molar-refractivity contribution in [3.8, 4) is 67.3 Å². The van der Waals surface area contributed by atoms with Gasteiger partial charge in [-0.25, -0.2) is 9.97 Å². The second kappa shape index (κ2) is 12.5. The van der Waals surface area contributed by atoms with Crippen LogP contribution >= 0.6 is 0 Å². The Hall–Kier alpha value is -7.10. The summed E-state index contributed by atoms with van der Waals surface area (Å²) in [4.78, 5) is 10.7. The Bertz CT molecular complexity index is 3170. The van der Waals surface area contributed by atoms with Crippen LogP contribution in [0.5, 0.6) is 0 Å². The molecule has 0 fully saturated rings. The van der Waals surface area contributed by atoms with Gasteiger partial charge in [-0.05, 0) is 97.7 Å². The Morgan fingerprint density at radius 1 is 0.393 bits per heavy atom. The SMILES string of the molecule is CC1(C)c2ccccc2-c2cccc(-c3cc(-c4cc(-c5ccc6oc7ccccc7c6c5)cc(-c5cccc6ccccc56)c4)nc(-c4ccccc4)n3)c21. The Kier molecular flexibility index (Phi) is 7.20. The smallest absolute Gasteiger partial charge is 0.160 e. The van der Waals surface area contributed by atoms with Crippen molar-refractivity contribution in [1.29, 1.82) is 0 Å². The molecule has 1 aliphatic carbocycles. The van der Waals surface area contributed by atoms with Gasteiger partial charge in [-0.2, -0.15) is 0 Å². The number of aromatic nitrogens is 2. The Morgan fingerprint density at radius 3 is 1.95 bits per heavy atom. The van der Waals surface area contributed by atoms with Crippen LogP contribution in [0.3, 0.4) is 0 Å². The van der Waals surface area contributed by atoms with Gasteiger partial charge in [0.05, 0.1) is 11.4 Å². The van der Waals surface area contributed by atoms with Crippen LogP contribution in [0.1, 0.15) is 25.0 Å². The standard InChI is InChI=1S/C53H36N2O/c1-53(2)46-24-10-8-19-41(46)43-22-13-23-44(51(43)53)48-32-47(54-52(55-48)34-15-4-3-5-16-34)38-29-36(28-37(30-38)40-21-12-17-33-14-6-7-18-39(33)40)35-26-27-50-45(31-35)42-20-9-11-25-49(42)56-50/h3-32H,1-2H3. The van der Waals surface area contributed by atoms with Crippen molar-refractivity contribution in [1.82, 2.24) is 9.97 Å². The molecule has 1 aliphatic rings. The summed E-state index contributed by atoms with van der Waals surface area (Å²) in [5.41, 5.74) is 16.2. The molecular formula is C53H36N2O.